The first-order valence-electron chi connectivity index (χ1n) is 10.4. The second-order valence-electron chi connectivity index (χ2n) is 7.60. The van der Waals surface area contributed by atoms with Gasteiger partial charge in [-0.2, -0.15) is 13.2 Å². The highest BCUT2D eigenvalue weighted by molar-refractivity contribution is 7.90. The van der Waals surface area contributed by atoms with Crippen molar-refractivity contribution >= 4 is 27.6 Å². The molecular weight excluding hydrogens is 501 g/mol. The van der Waals surface area contributed by atoms with Crippen molar-refractivity contribution in [3.63, 3.8) is 0 Å². The number of nitrogens with one attached hydrogen (secondary N) is 2. The smallest absolute Gasteiger partial charge is 0.475 e. The molecule has 3 N–H and O–H groups in total. The molecule has 0 bridgehead atoms. The molecule has 1 amide bonds. The van der Waals surface area contributed by atoms with E-state index in [9.17, 15) is 26.4 Å². The largest absolute Gasteiger partial charge is 0.490 e. The first-order valence-corrected chi connectivity index (χ1v) is 12.0. The van der Waals surface area contributed by atoms with Gasteiger partial charge in [0.15, 0.2) is 0 Å². The van der Waals surface area contributed by atoms with Gasteiger partial charge in [0, 0.05) is 12.2 Å². The Labute approximate surface area is 204 Å². The van der Waals surface area contributed by atoms with Crippen LogP contribution in [0.5, 0.6) is 11.5 Å². The zero-order valence-electron chi connectivity index (χ0n) is 18.5. The van der Waals surface area contributed by atoms with Gasteiger partial charge in [0.05, 0.1) is 6.42 Å². The van der Waals surface area contributed by atoms with E-state index in [2.05, 4.69) is 5.32 Å². The normalized spacial score (nSPS) is 16.3. The third-order valence-electron chi connectivity index (χ3n) is 4.93. The van der Waals surface area contributed by atoms with Crippen LogP contribution in [0.25, 0.3) is 0 Å². The Hall–Kier alpha value is -4.06. The summed E-state index contributed by atoms with van der Waals surface area (Å²) < 4.78 is 63.5. The van der Waals surface area contributed by atoms with Gasteiger partial charge in [-0.05, 0) is 47.5 Å². The van der Waals surface area contributed by atoms with Crippen LogP contribution in [0.15, 0.2) is 78.9 Å². The number of alkyl halides is 3. The second-order valence-corrected chi connectivity index (χ2v) is 9.46. The van der Waals surface area contributed by atoms with Gasteiger partial charge in [-0.25, -0.2) is 13.2 Å². The molecule has 1 atom stereocenters. The van der Waals surface area contributed by atoms with Gasteiger partial charge in [0.25, 0.3) is 0 Å². The minimum atomic E-state index is -5.08. The molecule has 0 spiro atoms. The third kappa shape index (κ3) is 7.47. The maximum Gasteiger partial charge on any atom is 0.490 e. The lowest BCUT2D eigenvalue weighted by molar-refractivity contribution is -0.192. The first kappa shape index (κ1) is 26.5. The van der Waals surface area contributed by atoms with Crippen LogP contribution in [0, 0.1) is 0 Å². The van der Waals surface area contributed by atoms with Crippen molar-refractivity contribution in [3.05, 3.63) is 90.0 Å². The number of carbonyl (C=O) groups is 2. The summed E-state index contributed by atoms with van der Waals surface area (Å²) in [5.74, 6) is -1.67. The molecule has 4 rings (SSSR count). The number of para-hydroxylation sites is 1. The fraction of sp³-hybridized carbons (Fsp3) is 0.167. The number of ether oxygens (including phenoxy) is 1. The van der Waals surface area contributed by atoms with E-state index in [-0.39, 0.29) is 6.42 Å². The van der Waals surface area contributed by atoms with E-state index >= 15 is 0 Å². The third-order valence-corrected chi connectivity index (χ3v) is 6.63. The predicted molar refractivity (Wildman–Crippen MR) is 125 cm³/mol. The van der Waals surface area contributed by atoms with E-state index in [4.69, 9.17) is 14.6 Å². The molecule has 1 heterocycles. The van der Waals surface area contributed by atoms with Crippen molar-refractivity contribution in [3.8, 4) is 11.5 Å². The van der Waals surface area contributed by atoms with Crippen LogP contribution in [0.2, 0.25) is 0 Å². The van der Waals surface area contributed by atoms with E-state index in [0.717, 1.165) is 22.7 Å². The van der Waals surface area contributed by atoms with Crippen molar-refractivity contribution in [1.29, 1.82) is 0 Å². The lowest BCUT2D eigenvalue weighted by Gasteiger charge is -2.11. The van der Waals surface area contributed by atoms with Crippen molar-refractivity contribution < 1.29 is 41.0 Å². The molecule has 12 heteroatoms. The van der Waals surface area contributed by atoms with Crippen LogP contribution in [-0.2, 0) is 26.2 Å². The number of hydrogen-bond acceptors (Lipinski definition) is 6. The van der Waals surface area contributed by atoms with Gasteiger partial charge in [0.1, 0.15) is 16.7 Å². The molecule has 1 aliphatic heterocycles. The number of hydrogen-bond donors (Lipinski definition) is 3. The average Bonchev–Trinajstić information content (AvgIpc) is 3.11. The molecule has 1 unspecified atom stereocenters. The van der Waals surface area contributed by atoms with Gasteiger partial charge >= 0.3 is 12.1 Å². The number of carbonyl (C=O) groups excluding carboxylic acids is 1. The SMILES string of the molecule is O=C(O)C(F)(F)F.O=C1CC(c2ccc(CNc3ccc(Oc4ccccc4)cc3)cc2)S(=O)(=O)N1. The summed E-state index contributed by atoms with van der Waals surface area (Å²) in [4.78, 5) is 20.3. The molecule has 0 aromatic heterocycles. The molecule has 3 aromatic carbocycles. The molecule has 3 aromatic rings. The van der Waals surface area contributed by atoms with Crippen molar-refractivity contribution in [2.45, 2.75) is 24.4 Å². The summed E-state index contributed by atoms with van der Waals surface area (Å²) in [7, 11) is -3.61. The molecule has 0 aliphatic carbocycles. The molecule has 8 nitrogen and oxygen atoms in total. The number of carboxylic acids is 1. The maximum absolute atomic E-state index is 12.0. The standard InChI is InChI=1S/C22H20N2O4S.C2HF3O2/c25-22-14-21(29(26,27)24-22)17-8-6-16(7-9-17)15-23-18-10-12-20(13-11-18)28-19-4-2-1-3-5-19;3-2(4,5)1(6)7/h1-13,21,23H,14-15H2,(H,24,25);(H,6,7). The van der Waals surface area contributed by atoms with Crippen LogP contribution in [0.3, 0.4) is 0 Å². The molecule has 36 heavy (non-hydrogen) atoms. The van der Waals surface area contributed by atoms with E-state index < -0.39 is 33.3 Å². The van der Waals surface area contributed by atoms with Crippen LogP contribution in [0.4, 0.5) is 18.9 Å². The van der Waals surface area contributed by atoms with Gasteiger partial charge < -0.3 is 15.2 Å². The molecule has 0 radical (unpaired) electrons. The second kappa shape index (κ2) is 11.1. The van der Waals surface area contributed by atoms with Crippen molar-refractivity contribution in [1.82, 2.24) is 4.72 Å². The van der Waals surface area contributed by atoms with Crippen LogP contribution < -0.4 is 14.8 Å². The maximum atomic E-state index is 12.0. The zero-order valence-corrected chi connectivity index (χ0v) is 19.3. The number of anilines is 1. The van der Waals surface area contributed by atoms with E-state index in [1.165, 1.54) is 0 Å². The van der Waals surface area contributed by atoms with Crippen molar-refractivity contribution in [2.75, 3.05) is 5.32 Å². The monoisotopic (exact) mass is 522 g/mol. The van der Waals surface area contributed by atoms with E-state index in [0.29, 0.717) is 12.1 Å². The topological polar surface area (TPSA) is 122 Å². The molecule has 0 saturated carbocycles. The highest BCUT2D eigenvalue weighted by Crippen LogP contribution is 2.30. The number of benzene rings is 3. The molecule has 1 aliphatic rings. The molecule has 1 fully saturated rings. The highest BCUT2D eigenvalue weighted by Gasteiger charge is 2.38. The number of carboxylic acid groups (broad SMARTS) is 1. The van der Waals surface area contributed by atoms with Crippen LogP contribution >= 0.6 is 0 Å². The summed E-state index contributed by atoms with van der Waals surface area (Å²) in [6.45, 7) is 0.591. The number of aliphatic carboxylic acids is 1. The lowest BCUT2D eigenvalue weighted by atomic mass is 10.1. The Morgan fingerprint density at radius 3 is 2.03 bits per heavy atom. The molecular formula is C24H21F3N2O6S. The Balaban J connectivity index is 0.000000454. The van der Waals surface area contributed by atoms with Gasteiger partial charge in [-0.3, -0.25) is 9.52 Å². The van der Waals surface area contributed by atoms with Gasteiger partial charge in [-0.1, -0.05) is 42.5 Å². The number of rotatable bonds is 6. The molecule has 190 valence electrons. The minimum Gasteiger partial charge on any atom is -0.475 e. The average molecular weight is 523 g/mol. The van der Waals surface area contributed by atoms with Gasteiger partial charge in [-0.15, -0.1) is 0 Å². The van der Waals surface area contributed by atoms with Crippen molar-refractivity contribution in [2.24, 2.45) is 0 Å². The molecule has 1 saturated heterocycles. The quantitative estimate of drug-likeness (QED) is 0.432. The Morgan fingerprint density at radius 2 is 1.53 bits per heavy atom. The van der Waals surface area contributed by atoms with Crippen LogP contribution in [0.1, 0.15) is 22.8 Å². The predicted octanol–water partition coefficient (Wildman–Crippen LogP) is 4.62. The minimum absolute atomic E-state index is 0.0304. The van der Waals surface area contributed by atoms with Gasteiger partial charge in [0.2, 0.25) is 15.9 Å². The summed E-state index contributed by atoms with van der Waals surface area (Å²) >= 11 is 0. The number of sulfonamides is 1. The summed E-state index contributed by atoms with van der Waals surface area (Å²) in [5.41, 5.74) is 2.57. The first-order chi connectivity index (χ1) is 16.9. The van der Waals surface area contributed by atoms with E-state index in [1.54, 1.807) is 12.1 Å². The lowest BCUT2D eigenvalue weighted by Crippen LogP contribution is -2.21. The fourth-order valence-corrected chi connectivity index (χ4v) is 4.60. The summed E-state index contributed by atoms with van der Waals surface area (Å²) in [6.07, 6.45) is -5.11. The highest BCUT2D eigenvalue weighted by atomic mass is 32.2. The fourth-order valence-electron chi connectivity index (χ4n) is 3.17. The van der Waals surface area contributed by atoms with E-state index in [1.807, 2.05) is 71.5 Å². The summed E-state index contributed by atoms with van der Waals surface area (Å²) in [5, 5.41) is 9.64. The summed E-state index contributed by atoms with van der Waals surface area (Å²) in [6, 6.07) is 24.5. The number of amides is 1. The Morgan fingerprint density at radius 1 is 0.972 bits per heavy atom. The number of halogens is 3. The Bertz CT molecular complexity index is 1300. The van der Waals surface area contributed by atoms with Crippen LogP contribution in [-0.4, -0.2) is 31.6 Å². The Kier molecular flexibility index (Phi) is 8.20. The zero-order chi connectivity index (χ0) is 26.3.